The maximum absolute atomic E-state index is 11.6. The minimum absolute atomic E-state index is 0.639. The second-order valence-electron chi connectivity index (χ2n) is 8.18. The Morgan fingerprint density at radius 1 is 1.39 bits per heavy atom. The first-order chi connectivity index (χ1) is 13.5. The molecule has 1 N–H and O–H groups in total. The van der Waals surface area contributed by atoms with Crippen LogP contribution < -0.4 is 4.74 Å². The minimum atomic E-state index is -0.847. The van der Waals surface area contributed by atoms with E-state index in [1.165, 1.54) is 19.4 Å². The predicted molar refractivity (Wildman–Crippen MR) is 111 cm³/mol. The van der Waals surface area contributed by atoms with Crippen molar-refractivity contribution in [3.05, 3.63) is 34.8 Å². The highest BCUT2D eigenvalue weighted by Gasteiger charge is 2.44. The van der Waals surface area contributed by atoms with Crippen molar-refractivity contribution >= 4 is 17.3 Å². The zero-order valence-corrected chi connectivity index (χ0v) is 17.4. The van der Waals surface area contributed by atoms with Crippen molar-refractivity contribution in [2.75, 3.05) is 19.7 Å². The molecule has 2 heterocycles. The second-order valence-corrected chi connectivity index (χ2v) is 9.27. The fourth-order valence-corrected chi connectivity index (χ4v) is 5.44. The summed E-state index contributed by atoms with van der Waals surface area (Å²) in [5.74, 6) is 0.0906. The van der Waals surface area contributed by atoms with Crippen molar-refractivity contribution in [3.63, 3.8) is 0 Å². The van der Waals surface area contributed by atoms with E-state index in [-0.39, 0.29) is 0 Å². The number of aromatic nitrogens is 1. The van der Waals surface area contributed by atoms with Crippen LogP contribution in [0.2, 0.25) is 0 Å². The van der Waals surface area contributed by atoms with E-state index in [4.69, 9.17) is 4.74 Å². The van der Waals surface area contributed by atoms with E-state index in [0.717, 1.165) is 52.9 Å². The summed E-state index contributed by atoms with van der Waals surface area (Å²) in [5, 5.41) is 10.5. The summed E-state index contributed by atoms with van der Waals surface area (Å²) in [6.45, 7) is 7.14. The molecule has 1 aromatic heterocycles. The Kier molecular flexibility index (Phi) is 5.43. The van der Waals surface area contributed by atoms with E-state index < -0.39 is 11.4 Å². The third kappa shape index (κ3) is 3.67. The molecule has 2 aromatic rings. The zero-order valence-electron chi connectivity index (χ0n) is 16.6. The standard InChI is InChI=1S/C22H28N2O3S/c1-15-5-3-12-24(15)13-4-14-27-17-8-6-16(7-9-17)20-23-19-18(28-20)10-11-22(19,2)21(25)26/h6-9,15H,3-5,10-14H2,1-2H3,(H,25,26). The van der Waals surface area contributed by atoms with Gasteiger partial charge < -0.3 is 14.7 Å². The van der Waals surface area contributed by atoms with Gasteiger partial charge in [0.1, 0.15) is 16.2 Å². The number of aryl methyl sites for hydroxylation is 1. The van der Waals surface area contributed by atoms with Crippen LogP contribution >= 0.6 is 11.3 Å². The molecule has 1 aromatic carbocycles. The summed E-state index contributed by atoms with van der Waals surface area (Å²) in [7, 11) is 0. The fraction of sp³-hybridized carbons (Fsp3) is 0.545. The molecule has 4 rings (SSSR count). The van der Waals surface area contributed by atoms with Gasteiger partial charge in [-0.05, 0) is 76.8 Å². The van der Waals surface area contributed by atoms with Crippen molar-refractivity contribution in [3.8, 4) is 16.3 Å². The lowest BCUT2D eigenvalue weighted by molar-refractivity contribution is -0.143. The number of aliphatic carboxylic acids is 1. The number of carboxylic acid groups (broad SMARTS) is 1. The largest absolute Gasteiger partial charge is 0.494 e. The molecule has 28 heavy (non-hydrogen) atoms. The highest BCUT2D eigenvalue weighted by molar-refractivity contribution is 7.15. The van der Waals surface area contributed by atoms with Gasteiger partial charge in [-0.15, -0.1) is 11.3 Å². The number of carbonyl (C=O) groups is 1. The third-order valence-electron chi connectivity index (χ3n) is 6.19. The Bertz CT molecular complexity index is 848. The number of carboxylic acids is 1. The van der Waals surface area contributed by atoms with Crippen molar-refractivity contribution in [1.29, 1.82) is 0 Å². The number of rotatable bonds is 7. The van der Waals surface area contributed by atoms with E-state index in [9.17, 15) is 9.90 Å². The molecule has 1 aliphatic carbocycles. The molecular formula is C22H28N2O3S. The van der Waals surface area contributed by atoms with Crippen LogP contribution in [0.5, 0.6) is 5.75 Å². The highest BCUT2D eigenvalue weighted by atomic mass is 32.1. The molecule has 1 aliphatic heterocycles. The molecule has 1 saturated heterocycles. The number of likely N-dealkylation sites (tertiary alicyclic amines) is 1. The van der Waals surface area contributed by atoms with Gasteiger partial charge in [0.05, 0.1) is 12.3 Å². The van der Waals surface area contributed by atoms with Crippen LogP contribution in [-0.4, -0.2) is 46.7 Å². The van der Waals surface area contributed by atoms with Gasteiger partial charge in [-0.2, -0.15) is 0 Å². The third-order valence-corrected chi connectivity index (χ3v) is 7.36. The number of thiazole rings is 1. The van der Waals surface area contributed by atoms with Crippen LogP contribution in [0.25, 0.3) is 10.6 Å². The Hall–Kier alpha value is -1.92. The molecule has 5 nitrogen and oxygen atoms in total. The normalized spacial score (nSPS) is 24.4. The van der Waals surface area contributed by atoms with Crippen molar-refractivity contribution in [2.45, 2.75) is 57.4 Å². The summed E-state index contributed by atoms with van der Waals surface area (Å²) >= 11 is 1.62. The average Bonchev–Trinajstić information content (AvgIpc) is 3.37. The molecule has 2 unspecified atom stereocenters. The van der Waals surface area contributed by atoms with Crippen LogP contribution in [0.1, 0.15) is 50.1 Å². The topological polar surface area (TPSA) is 62.7 Å². The maximum atomic E-state index is 11.6. The molecule has 2 aliphatic rings. The molecule has 150 valence electrons. The van der Waals surface area contributed by atoms with Crippen LogP contribution in [-0.2, 0) is 16.6 Å². The lowest BCUT2D eigenvalue weighted by Gasteiger charge is -2.20. The lowest BCUT2D eigenvalue weighted by Crippen LogP contribution is -2.30. The Balaban J connectivity index is 1.35. The summed E-state index contributed by atoms with van der Waals surface area (Å²) < 4.78 is 5.90. The number of ether oxygens (including phenoxy) is 1. The van der Waals surface area contributed by atoms with Crippen molar-refractivity contribution < 1.29 is 14.6 Å². The molecule has 0 spiro atoms. The SMILES string of the molecule is CC1CCCN1CCCOc1ccc(-c2nc3c(s2)CCC3(C)C(=O)O)cc1. The monoisotopic (exact) mass is 400 g/mol. The van der Waals surface area contributed by atoms with E-state index >= 15 is 0 Å². The van der Waals surface area contributed by atoms with Gasteiger partial charge in [-0.3, -0.25) is 4.79 Å². The van der Waals surface area contributed by atoms with Crippen molar-refractivity contribution in [2.24, 2.45) is 0 Å². The van der Waals surface area contributed by atoms with E-state index in [0.29, 0.717) is 12.5 Å². The van der Waals surface area contributed by atoms with Crippen LogP contribution in [0.15, 0.2) is 24.3 Å². The quantitative estimate of drug-likeness (QED) is 0.700. The Labute approximate surface area is 170 Å². The summed E-state index contributed by atoms with van der Waals surface area (Å²) in [6, 6.07) is 8.71. The predicted octanol–water partition coefficient (Wildman–Crippen LogP) is 4.35. The smallest absolute Gasteiger partial charge is 0.315 e. The number of hydrogen-bond acceptors (Lipinski definition) is 5. The average molecular weight is 401 g/mol. The molecule has 0 amide bonds. The highest BCUT2D eigenvalue weighted by Crippen LogP contribution is 2.43. The fourth-order valence-electron chi connectivity index (χ4n) is 4.24. The molecular weight excluding hydrogens is 372 g/mol. The summed E-state index contributed by atoms with van der Waals surface area (Å²) in [5.41, 5.74) is 0.918. The van der Waals surface area contributed by atoms with E-state index in [1.54, 1.807) is 18.3 Å². The van der Waals surface area contributed by atoms with Crippen LogP contribution in [0, 0.1) is 0 Å². The number of nitrogens with zero attached hydrogens (tertiary/aromatic N) is 2. The second kappa shape index (κ2) is 7.84. The Morgan fingerprint density at radius 3 is 2.86 bits per heavy atom. The lowest BCUT2D eigenvalue weighted by atomic mass is 9.88. The van der Waals surface area contributed by atoms with Gasteiger partial charge in [0.25, 0.3) is 0 Å². The number of hydrogen-bond donors (Lipinski definition) is 1. The van der Waals surface area contributed by atoms with Crippen molar-refractivity contribution in [1.82, 2.24) is 9.88 Å². The number of benzene rings is 1. The Morgan fingerprint density at radius 2 is 2.18 bits per heavy atom. The first-order valence-corrected chi connectivity index (χ1v) is 11.0. The summed E-state index contributed by atoms with van der Waals surface area (Å²) in [6.07, 6.45) is 5.11. The molecule has 0 saturated carbocycles. The molecule has 2 atom stereocenters. The molecule has 6 heteroatoms. The van der Waals surface area contributed by atoms with Gasteiger partial charge in [0.15, 0.2) is 0 Å². The van der Waals surface area contributed by atoms with Gasteiger partial charge in [-0.25, -0.2) is 4.98 Å². The molecule has 1 fully saturated rings. The maximum Gasteiger partial charge on any atom is 0.315 e. The van der Waals surface area contributed by atoms with Crippen LogP contribution in [0.3, 0.4) is 0 Å². The first kappa shape index (κ1) is 19.4. The minimum Gasteiger partial charge on any atom is -0.494 e. The van der Waals surface area contributed by atoms with Gasteiger partial charge >= 0.3 is 5.97 Å². The van der Waals surface area contributed by atoms with Gasteiger partial charge in [0.2, 0.25) is 0 Å². The number of fused-ring (bicyclic) bond motifs is 1. The molecule has 0 radical (unpaired) electrons. The summed E-state index contributed by atoms with van der Waals surface area (Å²) in [4.78, 5) is 20.0. The van der Waals surface area contributed by atoms with Gasteiger partial charge in [-0.1, -0.05) is 0 Å². The van der Waals surface area contributed by atoms with E-state index in [2.05, 4.69) is 16.8 Å². The first-order valence-electron chi connectivity index (χ1n) is 10.2. The van der Waals surface area contributed by atoms with Crippen LogP contribution in [0.4, 0.5) is 0 Å². The molecule has 0 bridgehead atoms. The van der Waals surface area contributed by atoms with E-state index in [1.807, 2.05) is 24.3 Å². The van der Waals surface area contributed by atoms with Gasteiger partial charge in [0, 0.05) is 23.0 Å². The zero-order chi connectivity index (χ0) is 19.7.